The zero-order valence-electron chi connectivity index (χ0n) is 12.4. The van der Waals surface area contributed by atoms with Crippen LogP contribution in [0.15, 0.2) is 18.2 Å². The molecule has 1 N–H and O–H groups in total. The molecule has 1 aromatic carbocycles. The van der Waals surface area contributed by atoms with Crippen LogP contribution in [0.3, 0.4) is 0 Å². The molecule has 3 fully saturated rings. The number of rotatable bonds is 4. The summed E-state index contributed by atoms with van der Waals surface area (Å²) in [7, 11) is 2.10. The van der Waals surface area contributed by atoms with Gasteiger partial charge in [0, 0.05) is 6.04 Å². The largest absolute Gasteiger partial charge is 0.316 e. The number of benzene rings is 1. The molecule has 2 heteroatoms. The smallest absolute Gasteiger partial charge is 0.123 e. The quantitative estimate of drug-likeness (QED) is 0.884. The summed E-state index contributed by atoms with van der Waals surface area (Å²) in [5, 5.41) is 3.56. The van der Waals surface area contributed by atoms with Crippen molar-refractivity contribution in [2.24, 2.45) is 29.6 Å². The highest BCUT2D eigenvalue weighted by Crippen LogP contribution is 2.70. The molecule has 0 aliphatic heterocycles. The lowest BCUT2D eigenvalue weighted by Crippen LogP contribution is -2.32. The number of fused-ring (bicyclic) bond motifs is 5. The number of hydrogen-bond donors (Lipinski definition) is 1. The number of nitrogens with one attached hydrogen (secondary N) is 1. The maximum absolute atomic E-state index is 13.2. The van der Waals surface area contributed by atoms with Gasteiger partial charge in [0.2, 0.25) is 0 Å². The Balaban J connectivity index is 1.50. The average Bonchev–Trinajstić information content (AvgIpc) is 2.86. The van der Waals surface area contributed by atoms with Crippen LogP contribution in [0.1, 0.15) is 30.4 Å². The lowest BCUT2D eigenvalue weighted by Gasteiger charge is -2.21. The normalized spacial score (nSPS) is 38.9. The van der Waals surface area contributed by atoms with Crippen LogP contribution in [0.5, 0.6) is 0 Å². The van der Waals surface area contributed by atoms with E-state index in [1.54, 1.807) is 12.1 Å². The zero-order chi connectivity index (χ0) is 13.9. The van der Waals surface area contributed by atoms with E-state index in [1.165, 1.54) is 24.8 Å². The van der Waals surface area contributed by atoms with Gasteiger partial charge in [0.05, 0.1) is 0 Å². The first-order chi connectivity index (χ1) is 9.69. The number of likely N-dealkylation sites (N-methyl/N-ethyl adjacent to an activating group) is 1. The molecule has 20 heavy (non-hydrogen) atoms. The van der Waals surface area contributed by atoms with Crippen molar-refractivity contribution in [3.05, 3.63) is 35.1 Å². The predicted octanol–water partition coefficient (Wildman–Crippen LogP) is 3.56. The summed E-state index contributed by atoms with van der Waals surface area (Å²) >= 11 is 0. The van der Waals surface area contributed by atoms with E-state index in [4.69, 9.17) is 0 Å². The van der Waals surface area contributed by atoms with Crippen molar-refractivity contribution in [3.63, 3.8) is 0 Å². The topological polar surface area (TPSA) is 12.0 Å². The second-order valence-electron chi connectivity index (χ2n) is 7.24. The van der Waals surface area contributed by atoms with Crippen molar-refractivity contribution in [3.8, 4) is 0 Å². The highest BCUT2D eigenvalue weighted by molar-refractivity contribution is 5.28. The molecule has 3 saturated carbocycles. The van der Waals surface area contributed by atoms with E-state index >= 15 is 0 Å². The van der Waals surface area contributed by atoms with Crippen molar-refractivity contribution >= 4 is 0 Å². The van der Waals surface area contributed by atoms with Gasteiger partial charge in [0.25, 0.3) is 0 Å². The molecule has 5 atom stereocenters. The first-order valence-corrected chi connectivity index (χ1v) is 8.11. The van der Waals surface area contributed by atoms with Crippen molar-refractivity contribution in [1.29, 1.82) is 0 Å². The summed E-state index contributed by atoms with van der Waals surface area (Å²) in [4.78, 5) is 0. The Kier molecular flexibility index (Phi) is 2.92. The number of aryl methyl sites for hydroxylation is 1. The molecule has 0 radical (unpaired) electrons. The lowest BCUT2D eigenvalue weighted by molar-refractivity contribution is 0.376. The van der Waals surface area contributed by atoms with Gasteiger partial charge in [0.1, 0.15) is 5.82 Å². The molecule has 1 nitrogen and oxygen atoms in total. The van der Waals surface area contributed by atoms with Gasteiger partial charge in [-0.25, -0.2) is 4.39 Å². The highest BCUT2D eigenvalue weighted by atomic mass is 19.1. The third-order valence-corrected chi connectivity index (χ3v) is 6.37. The summed E-state index contributed by atoms with van der Waals surface area (Å²) in [6.07, 6.45) is 5.53. The van der Waals surface area contributed by atoms with Crippen LogP contribution >= 0.6 is 0 Å². The summed E-state index contributed by atoms with van der Waals surface area (Å²) in [5.74, 6) is 4.84. The minimum atomic E-state index is -0.117. The molecule has 3 aliphatic carbocycles. The van der Waals surface area contributed by atoms with Gasteiger partial charge in [-0.05, 0) is 92.5 Å². The van der Waals surface area contributed by atoms with Gasteiger partial charge >= 0.3 is 0 Å². The van der Waals surface area contributed by atoms with Crippen molar-refractivity contribution in [2.75, 3.05) is 7.05 Å². The summed E-state index contributed by atoms with van der Waals surface area (Å²) in [6.45, 7) is 2.03. The van der Waals surface area contributed by atoms with Crippen LogP contribution in [0.2, 0.25) is 0 Å². The zero-order valence-corrected chi connectivity index (χ0v) is 12.4. The van der Waals surface area contributed by atoms with Gasteiger partial charge in [-0.1, -0.05) is 6.07 Å². The maximum atomic E-state index is 13.2. The van der Waals surface area contributed by atoms with Crippen LogP contribution < -0.4 is 5.32 Å². The average molecular weight is 273 g/mol. The van der Waals surface area contributed by atoms with E-state index in [9.17, 15) is 4.39 Å². The van der Waals surface area contributed by atoms with Gasteiger partial charge in [0.15, 0.2) is 0 Å². The van der Waals surface area contributed by atoms with Gasteiger partial charge in [-0.2, -0.15) is 0 Å². The molecular formula is C18H24FN. The first kappa shape index (κ1) is 12.8. The van der Waals surface area contributed by atoms with E-state index in [1.807, 2.05) is 13.0 Å². The first-order valence-electron chi connectivity index (χ1n) is 8.11. The highest BCUT2D eigenvalue weighted by Gasteiger charge is 2.66. The van der Waals surface area contributed by atoms with E-state index in [-0.39, 0.29) is 5.82 Å². The molecule has 3 aliphatic rings. The fourth-order valence-corrected chi connectivity index (χ4v) is 5.49. The Bertz CT molecular complexity index is 510. The third kappa shape index (κ3) is 1.84. The molecule has 108 valence electrons. The minimum Gasteiger partial charge on any atom is -0.316 e. The Morgan fingerprint density at radius 3 is 2.55 bits per heavy atom. The molecule has 0 spiro atoms. The summed E-state index contributed by atoms with van der Waals surface area (Å²) in [6, 6.07) is 5.82. The summed E-state index contributed by atoms with van der Waals surface area (Å²) in [5.41, 5.74) is 2.40. The van der Waals surface area contributed by atoms with Gasteiger partial charge in [-0.3, -0.25) is 0 Å². The van der Waals surface area contributed by atoms with Crippen molar-refractivity contribution in [1.82, 2.24) is 5.32 Å². The van der Waals surface area contributed by atoms with Crippen molar-refractivity contribution in [2.45, 2.75) is 38.6 Å². The SMILES string of the molecule is CNC(Cc1ccc(F)cc1C)C1C2C3CCC(C3)C21. The third-order valence-electron chi connectivity index (χ3n) is 6.37. The van der Waals surface area contributed by atoms with Gasteiger partial charge < -0.3 is 5.32 Å². The van der Waals surface area contributed by atoms with Crippen LogP contribution in [-0.2, 0) is 6.42 Å². The molecule has 4 rings (SSSR count). The maximum Gasteiger partial charge on any atom is 0.123 e. The Morgan fingerprint density at radius 2 is 1.95 bits per heavy atom. The number of halogens is 1. The molecule has 0 saturated heterocycles. The monoisotopic (exact) mass is 273 g/mol. The Morgan fingerprint density at radius 1 is 1.25 bits per heavy atom. The van der Waals surface area contributed by atoms with Crippen LogP contribution in [0, 0.1) is 42.3 Å². The van der Waals surface area contributed by atoms with Crippen LogP contribution in [-0.4, -0.2) is 13.1 Å². The number of hydrogen-bond acceptors (Lipinski definition) is 1. The predicted molar refractivity (Wildman–Crippen MR) is 79.0 cm³/mol. The van der Waals surface area contributed by atoms with Crippen LogP contribution in [0.4, 0.5) is 4.39 Å². The molecule has 0 heterocycles. The Labute approximate surface area is 121 Å². The molecule has 5 unspecified atom stereocenters. The van der Waals surface area contributed by atoms with Gasteiger partial charge in [-0.15, -0.1) is 0 Å². The van der Waals surface area contributed by atoms with E-state index in [2.05, 4.69) is 12.4 Å². The van der Waals surface area contributed by atoms with Crippen LogP contribution in [0.25, 0.3) is 0 Å². The van der Waals surface area contributed by atoms with Crippen molar-refractivity contribution < 1.29 is 4.39 Å². The second-order valence-corrected chi connectivity index (χ2v) is 7.24. The second kappa shape index (κ2) is 4.56. The molecular weight excluding hydrogens is 249 g/mol. The minimum absolute atomic E-state index is 0.117. The molecule has 0 amide bonds. The lowest BCUT2D eigenvalue weighted by atomic mass is 9.92. The van der Waals surface area contributed by atoms with E-state index < -0.39 is 0 Å². The molecule has 0 aromatic heterocycles. The standard InChI is InChI=1S/C18H24FN/c1-10-7-14(19)6-5-11(10)9-15(20-2)18-16-12-3-4-13(8-12)17(16)18/h5-7,12-13,15-18,20H,3-4,8-9H2,1-2H3. The fraction of sp³-hybridized carbons (Fsp3) is 0.667. The fourth-order valence-electron chi connectivity index (χ4n) is 5.49. The molecule has 2 bridgehead atoms. The summed E-state index contributed by atoms with van der Waals surface area (Å²) < 4.78 is 13.2. The van der Waals surface area contributed by atoms with E-state index in [0.29, 0.717) is 6.04 Å². The Hall–Kier alpha value is -0.890. The molecule has 1 aromatic rings. The van der Waals surface area contributed by atoms with E-state index in [0.717, 1.165) is 41.6 Å².